The summed E-state index contributed by atoms with van der Waals surface area (Å²) in [4.78, 5) is 24.2. The molecular weight excluding hydrogens is 351 g/mol. The number of aromatic nitrogens is 3. The third kappa shape index (κ3) is 3.58. The van der Waals surface area contributed by atoms with Gasteiger partial charge in [-0.25, -0.2) is 9.48 Å². The van der Waals surface area contributed by atoms with Crippen molar-refractivity contribution in [1.82, 2.24) is 15.0 Å². The molecule has 2 aromatic rings. The van der Waals surface area contributed by atoms with Gasteiger partial charge in [0.15, 0.2) is 5.78 Å². The minimum absolute atomic E-state index is 0.00594. The summed E-state index contributed by atoms with van der Waals surface area (Å²) >= 11 is 0. The minimum Gasteiger partial charge on any atom is -0.535 e. The van der Waals surface area contributed by atoms with Crippen molar-refractivity contribution < 1.29 is 24.4 Å². The minimum atomic E-state index is -1.27. The number of para-hydroxylation sites is 1. The number of fused-ring (bicyclic) bond motifs is 1. The molecule has 0 unspecified atom stereocenters. The maximum Gasteiger partial charge on any atom is 0.526 e. The number of aromatic carboxylic acids is 1. The zero-order valence-corrected chi connectivity index (χ0v) is 15.1. The summed E-state index contributed by atoms with van der Waals surface area (Å²) in [5.74, 6) is -1.62. The quantitative estimate of drug-likeness (QED) is 0.627. The highest BCUT2D eigenvalue weighted by molar-refractivity contribution is 6.47. The Labute approximate surface area is 156 Å². The predicted molar refractivity (Wildman–Crippen MR) is 96.3 cm³/mol. The van der Waals surface area contributed by atoms with Crippen molar-refractivity contribution in [2.24, 2.45) is 5.73 Å². The molecular formula is C17H21BN4O5. The monoisotopic (exact) mass is 372 g/mol. The second kappa shape index (κ2) is 7.13. The van der Waals surface area contributed by atoms with Gasteiger partial charge in [0.25, 0.3) is 0 Å². The normalized spacial score (nSPS) is 16.6. The van der Waals surface area contributed by atoms with Crippen molar-refractivity contribution in [2.75, 3.05) is 0 Å². The Bertz CT molecular complexity index is 882. The van der Waals surface area contributed by atoms with Gasteiger partial charge < -0.3 is 20.5 Å². The molecule has 1 aromatic heterocycles. The fourth-order valence-electron chi connectivity index (χ4n) is 3.11. The fraction of sp³-hybridized carbons (Fsp3) is 0.412. The Morgan fingerprint density at radius 3 is 2.81 bits per heavy atom. The van der Waals surface area contributed by atoms with Crippen molar-refractivity contribution in [2.45, 2.75) is 44.6 Å². The highest BCUT2D eigenvalue weighted by Gasteiger charge is 2.41. The van der Waals surface area contributed by atoms with E-state index >= 15 is 0 Å². The lowest BCUT2D eigenvalue weighted by Gasteiger charge is -2.30. The molecule has 0 saturated carbocycles. The maximum absolute atomic E-state index is 12.9. The number of hydrogen-bond acceptors (Lipinski definition) is 7. The number of nitrogens with two attached hydrogens (primary N) is 1. The van der Waals surface area contributed by atoms with E-state index in [1.807, 2.05) is 0 Å². The Hall–Kier alpha value is -2.72. The van der Waals surface area contributed by atoms with E-state index < -0.39 is 24.4 Å². The zero-order valence-electron chi connectivity index (χ0n) is 15.1. The highest BCUT2D eigenvalue weighted by atomic mass is 16.5. The second-order valence-corrected chi connectivity index (χ2v) is 7.12. The number of carboxylic acids is 1. The van der Waals surface area contributed by atoms with E-state index in [-0.39, 0.29) is 30.1 Å². The molecule has 0 aliphatic carbocycles. The number of rotatable bonds is 6. The summed E-state index contributed by atoms with van der Waals surface area (Å²) in [5.41, 5.74) is 5.79. The molecule has 4 N–H and O–H groups in total. The van der Waals surface area contributed by atoms with Crippen LogP contribution in [-0.4, -0.2) is 44.0 Å². The van der Waals surface area contributed by atoms with Crippen LogP contribution in [0.1, 0.15) is 41.9 Å². The van der Waals surface area contributed by atoms with Gasteiger partial charge in [0.2, 0.25) is 0 Å². The van der Waals surface area contributed by atoms with Gasteiger partial charge in [-0.05, 0) is 31.9 Å². The molecule has 27 heavy (non-hydrogen) atoms. The Balaban J connectivity index is 1.79. The molecule has 0 fully saturated rings. The standard InChI is InChI=1S/C17H21BN4O5/c1-17(2,22-9-12(8-19)20-21-22)14(23)7-11-6-10-4-3-5-13(16(24)25)15(10)27-18(11)26/h3-5,9,11,26H,6-8,19H2,1-2H3,(H,24,25)/t11-/m1/s1. The van der Waals surface area contributed by atoms with Crippen molar-refractivity contribution in [3.05, 3.63) is 41.2 Å². The largest absolute Gasteiger partial charge is 0.535 e. The zero-order chi connectivity index (χ0) is 19.8. The first-order valence-electron chi connectivity index (χ1n) is 8.59. The van der Waals surface area contributed by atoms with Crippen LogP contribution in [0.4, 0.5) is 0 Å². The summed E-state index contributed by atoms with van der Waals surface area (Å²) in [6.07, 6.45) is 2.01. The maximum atomic E-state index is 12.9. The van der Waals surface area contributed by atoms with Gasteiger partial charge in [-0.3, -0.25) is 4.79 Å². The van der Waals surface area contributed by atoms with E-state index in [2.05, 4.69) is 10.3 Å². The third-order valence-electron chi connectivity index (χ3n) is 4.90. The molecule has 1 aromatic carbocycles. The molecule has 0 bridgehead atoms. The van der Waals surface area contributed by atoms with Gasteiger partial charge in [-0.2, -0.15) is 0 Å². The molecule has 1 atom stereocenters. The van der Waals surface area contributed by atoms with Crippen LogP contribution in [0.15, 0.2) is 24.4 Å². The van der Waals surface area contributed by atoms with E-state index in [1.165, 1.54) is 10.7 Å². The fourth-order valence-corrected chi connectivity index (χ4v) is 3.11. The number of carbonyl (C=O) groups excluding carboxylic acids is 1. The average Bonchev–Trinajstić information content (AvgIpc) is 3.11. The Morgan fingerprint density at radius 1 is 1.44 bits per heavy atom. The van der Waals surface area contributed by atoms with Crippen LogP contribution in [0.25, 0.3) is 0 Å². The van der Waals surface area contributed by atoms with Crippen molar-refractivity contribution in [3.8, 4) is 5.75 Å². The molecule has 2 heterocycles. The first kappa shape index (κ1) is 19.1. The Kier molecular flexibility index (Phi) is 5.03. The molecule has 0 radical (unpaired) electrons. The molecule has 1 aliphatic rings. The number of ketones is 1. The topological polar surface area (TPSA) is 141 Å². The summed E-state index contributed by atoms with van der Waals surface area (Å²) in [5, 5.41) is 27.5. The van der Waals surface area contributed by atoms with Crippen molar-refractivity contribution >= 4 is 18.9 Å². The molecule has 10 heteroatoms. The van der Waals surface area contributed by atoms with Gasteiger partial charge >= 0.3 is 13.1 Å². The van der Waals surface area contributed by atoms with Crippen LogP contribution in [0, 0.1) is 0 Å². The van der Waals surface area contributed by atoms with Crippen LogP contribution < -0.4 is 10.4 Å². The highest BCUT2D eigenvalue weighted by Crippen LogP contribution is 2.37. The first-order valence-corrected chi connectivity index (χ1v) is 8.59. The van der Waals surface area contributed by atoms with Gasteiger partial charge in [0, 0.05) is 18.8 Å². The summed E-state index contributed by atoms with van der Waals surface area (Å²) < 4.78 is 6.91. The summed E-state index contributed by atoms with van der Waals surface area (Å²) in [6, 6.07) is 4.78. The number of benzene rings is 1. The Morgan fingerprint density at radius 2 is 2.19 bits per heavy atom. The molecule has 1 aliphatic heterocycles. The van der Waals surface area contributed by atoms with E-state index in [0.29, 0.717) is 17.7 Å². The van der Waals surface area contributed by atoms with E-state index in [4.69, 9.17) is 10.4 Å². The number of hydrogen-bond donors (Lipinski definition) is 3. The molecule has 142 valence electrons. The molecule has 3 rings (SSSR count). The third-order valence-corrected chi connectivity index (χ3v) is 4.90. The van der Waals surface area contributed by atoms with Crippen LogP contribution in [0.2, 0.25) is 5.82 Å². The smallest absolute Gasteiger partial charge is 0.526 e. The van der Waals surface area contributed by atoms with Crippen LogP contribution >= 0.6 is 0 Å². The predicted octanol–water partition coefficient (Wildman–Crippen LogP) is 0.615. The number of carboxylic acid groups (broad SMARTS) is 1. The second-order valence-electron chi connectivity index (χ2n) is 7.12. The number of nitrogens with zero attached hydrogens (tertiary/aromatic N) is 3. The molecule has 0 spiro atoms. The SMILES string of the molecule is CC(C)(C(=O)C[C@H]1Cc2cccc(C(=O)O)c2OB1O)n1cc(CN)nn1. The van der Waals surface area contributed by atoms with Crippen molar-refractivity contribution in [1.29, 1.82) is 0 Å². The molecule has 9 nitrogen and oxygen atoms in total. The van der Waals surface area contributed by atoms with Crippen molar-refractivity contribution in [3.63, 3.8) is 0 Å². The number of Topliss-reactive ketones (excluding diaryl/α,β-unsaturated/α-hetero) is 1. The van der Waals surface area contributed by atoms with Crippen LogP contribution in [0.5, 0.6) is 5.75 Å². The lowest BCUT2D eigenvalue weighted by Crippen LogP contribution is -2.41. The lowest BCUT2D eigenvalue weighted by molar-refractivity contribution is -0.126. The van der Waals surface area contributed by atoms with Gasteiger partial charge in [0.1, 0.15) is 11.3 Å². The van der Waals surface area contributed by atoms with Gasteiger partial charge in [0.05, 0.1) is 17.5 Å². The van der Waals surface area contributed by atoms with Gasteiger partial charge in [-0.15, -0.1) is 5.10 Å². The molecule has 0 saturated heterocycles. The molecule has 0 amide bonds. The lowest BCUT2D eigenvalue weighted by atomic mass is 9.63. The summed E-state index contributed by atoms with van der Waals surface area (Å²) in [6.45, 7) is 3.66. The van der Waals surface area contributed by atoms with E-state index in [0.717, 1.165) is 0 Å². The van der Waals surface area contributed by atoms with E-state index in [1.54, 1.807) is 32.2 Å². The average molecular weight is 372 g/mol. The van der Waals surface area contributed by atoms with Crippen LogP contribution in [0.3, 0.4) is 0 Å². The number of carbonyl (C=O) groups is 2. The van der Waals surface area contributed by atoms with E-state index in [9.17, 15) is 19.7 Å². The van der Waals surface area contributed by atoms with Gasteiger partial charge in [-0.1, -0.05) is 17.3 Å². The van der Waals surface area contributed by atoms with Crippen LogP contribution in [-0.2, 0) is 23.3 Å². The first-order chi connectivity index (χ1) is 12.7. The summed E-state index contributed by atoms with van der Waals surface area (Å²) in [7, 11) is -1.27.